The van der Waals surface area contributed by atoms with E-state index in [2.05, 4.69) is 16.4 Å². The van der Waals surface area contributed by atoms with Crippen molar-refractivity contribution in [1.82, 2.24) is 4.90 Å². The molecule has 2 aliphatic heterocycles. The van der Waals surface area contributed by atoms with E-state index in [1.165, 1.54) is 0 Å². The molecule has 1 saturated heterocycles. The number of carbonyl (C=O) groups excluding carboxylic acids is 1. The third kappa shape index (κ3) is 3.51. The number of hydrogen-bond donors (Lipinski definition) is 2. The van der Waals surface area contributed by atoms with E-state index < -0.39 is 5.66 Å². The van der Waals surface area contributed by atoms with Crippen LogP contribution in [0.25, 0.3) is 0 Å². The molecule has 0 radical (unpaired) electrons. The molecule has 8 heteroatoms. The van der Waals surface area contributed by atoms with Gasteiger partial charge in [-0.3, -0.25) is 4.79 Å². The van der Waals surface area contributed by atoms with Crippen LogP contribution in [-0.4, -0.2) is 35.4 Å². The van der Waals surface area contributed by atoms with Crippen molar-refractivity contribution in [3.8, 4) is 6.07 Å². The van der Waals surface area contributed by atoms with E-state index in [1.54, 1.807) is 30.3 Å². The number of piperidine rings is 1. The number of anilines is 1. The second kappa shape index (κ2) is 7.70. The largest absolute Gasteiger partial charge is 0.383 e. The van der Waals surface area contributed by atoms with Gasteiger partial charge < -0.3 is 16.0 Å². The van der Waals surface area contributed by atoms with Crippen LogP contribution < -0.4 is 11.1 Å². The lowest BCUT2D eigenvalue weighted by Gasteiger charge is -2.42. The Morgan fingerprint density at radius 3 is 2.54 bits per heavy atom. The third-order valence-corrected chi connectivity index (χ3v) is 5.43. The van der Waals surface area contributed by atoms with Gasteiger partial charge in [-0.15, -0.1) is 12.4 Å². The minimum Gasteiger partial charge on any atom is -0.383 e. The highest BCUT2D eigenvalue weighted by Gasteiger charge is 2.39. The summed E-state index contributed by atoms with van der Waals surface area (Å²) in [7, 11) is 0. The molecule has 0 saturated carbocycles. The molecule has 6 nitrogen and oxygen atoms in total. The van der Waals surface area contributed by atoms with Crippen LogP contribution >= 0.6 is 24.0 Å². The fraction of sp³-hybridized carbons (Fsp3) is 0.250. The number of benzene rings is 2. The fourth-order valence-corrected chi connectivity index (χ4v) is 3.91. The zero-order valence-corrected chi connectivity index (χ0v) is 16.6. The van der Waals surface area contributed by atoms with Gasteiger partial charge in [-0.1, -0.05) is 17.7 Å². The number of carbonyl (C=O) groups is 1. The van der Waals surface area contributed by atoms with Gasteiger partial charge in [0.25, 0.3) is 5.91 Å². The number of hydrogen-bond acceptors (Lipinski definition) is 5. The summed E-state index contributed by atoms with van der Waals surface area (Å²) in [5.74, 6) is 0.395. The Bertz CT molecular complexity index is 973. The molecule has 0 bridgehead atoms. The minimum atomic E-state index is -0.511. The summed E-state index contributed by atoms with van der Waals surface area (Å²) < 4.78 is 0. The van der Waals surface area contributed by atoms with Crippen LogP contribution in [0.15, 0.2) is 47.5 Å². The average molecular weight is 416 g/mol. The fourth-order valence-electron chi connectivity index (χ4n) is 3.64. The average Bonchev–Trinajstić information content (AvgIpc) is 2.68. The summed E-state index contributed by atoms with van der Waals surface area (Å²) in [4.78, 5) is 19.2. The standard InChI is InChI=1S/C20H18ClN5O.ClH/c21-15-2-1-3-16-17(15)18(23)25-20(24-16)8-10-26(11-9-20)19(27)14-6-4-13(12-22)5-7-14;/h1-7,24H,8-11H2,(H2,23,25);1H. The second-order valence-electron chi connectivity index (χ2n) is 6.80. The highest BCUT2D eigenvalue weighted by Crippen LogP contribution is 2.36. The summed E-state index contributed by atoms with van der Waals surface area (Å²) in [6.45, 7) is 1.14. The lowest BCUT2D eigenvalue weighted by atomic mass is 9.93. The molecule has 0 aliphatic carbocycles. The van der Waals surface area contributed by atoms with Crippen molar-refractivity contribution in [2.75, 3.05) is 18.4 Å². The number of nitrogens with one attached hydrogen (secondary N) is 1. The predicted octanol–water partition coefficient (Wildman–Crippen LogP) is 3.40. The number of rotatable bonds is 1. The topological polar surface area (TPSA) is 94.5 Å². The molecular weight excluding hydrogens is 397 g/mol. The van der Waals surface area contributed by atoms with Crippen LogP contribution in [0.3, 0.4) is 0 Å². The normalized spacial score (nSPS) is 16.9. The van der Waals surface area contributed by atoms with Crippen LogP contribution in [0, 0.1) is 11.3 Å². The molecule has 0 aromatic heterocycles. The third-order valence-electron chi connectivity index (χ3n) is 5.11. The Labute approximate surface area is 174 Å². The molecule has 2 aromatic rings. The Kier molecular flexibility index (Phi) is 5.50. The summed E-state index contributed by atoms with van der Waals surface area (Å²) in [5, 5.41) is 12.9. The highest BCUT2D eigenvalue weighted by molar-refractivity contribution is 6.35. The molecule has 1 amide bonds. The predicted molar refractivity (Wildman–Crippen MR) is 112 cm³/mol. The first-order valence-electron chi connectivity index (χ1n) is 8.73. The smallest absolute Gasteiger partial charge is 0.253 e. The van der Waals surface area contributed by atoms with Gasteiger partial charge in [0.1, 0.15) is 11.5 Å². The van der Waals surface area contributed by atoms with Gasteiger partial charge in [0.2, 0.25) is 0 Å². The zero-order valence-electron chi connectivity index (χ0n) is 15.0. The molecule has 2 aliphatic rings. The van der Waals surface area contributed by atoms with E-state index in [9.17, 15) is 4.79 Å². The SMILES string of the molecule is Cl.N#Cc1ccc(C(=O)N2CCC3(CC2)N=C(N)c2c(Cl)cccc2N3)cc1. The molecular formula is C20H19Cl2N5O. The molecule has 1 fully saturated rings. The number of aliphatic imine (C=N–C) groups is 1. The summed E-state index contributed by atoms with van der Waals surface area (Å²) >= 11 is 6.24. The van der Waals surface area contributed by atoms with Crippen LogP contribution in [-0.2, 0) is 0 Å². The Balaban J connectivity index is 0.00000225. The van der Waals surface area contributed by atoms with E-state index in [4.69, 9.17) is 22.6 Å². The minimum absolute atomic E-state index is 0. The Morgan fingerprint density at radius 1 is 1.21 bits per heavy atom. The number of fused-ring (bicyclic) bond motifs is 1. The van der Waals surface area contributed by atoms with Crippen molar-refractivity contribution in [2.45, 2.75) is 18.5 Å². The van der Waals surface area contributed by atoms with Gasteiger partial charge >= 0.3 is 0 Å². The van der Waals surface area contributed by atoms with Crippen LogP contribution in [0.5, 0.6) is 0 Å². The van der Waals surface area contributed by atoms with E-state index in [-0.39, 0.29) is 18.3 Å². The maximum atomic E-state index is 12.7. The summed E-state index contributed by atoms with van der Waals surface area (Å²) in [6, 6.07) is 14.4. The first kappa shape index (κ1) is 20.0. The number of nitriles is 1. The number of likely N-dealkylation sites (tertiary alicyclic amines) is 1. The molecule has 4 rings (SSSR count). The van der Waals surface area contributed by atoms with Crippen molar-refractivity contribution in [2.24, 2.45) is 10.7 Å². The molecule has 28 heavy (non-hydrogen) atoms. The van der Waals surface area contributed by atoms with Crippen LogP contribution in [0.2, 0.25) is 5.02 Å². The first-order chi connectivity index (χ1) is 13.0. The van der Waals surface area contributed by atoms with Crippen molar-refractivity contribution >= 4 is 41.4 Å². The van der Waals surface area contributed by atoms with Gasteiger partial charge in [-0.25, -0.2) is 4.99 Å². The quantitative estimate of drug-likeness (QED) is 0.745. The molecule has 3 N–H and O–H groups in total. The van der Waals surface area contributed by atoms with Crippen molar-refractivity contribution in [3.63, 3.8) is 0 Å². The maximum absolute atomic E-state index is 12.7. The summed E-state index contributed by atoms with van der Waals surface area (Å²) in [6.07, 6.45) is 1.31. The van der Waals surface area contributed by atoms with Gasteiger partial charge in [-0.05, 0) is 36.4 Å². The number of nitrogens with zero attached hydrogens (tertiary/aromatic N) is 3. The Morgan fingerprint density at radius 2 is 1.89 bits per heavy atom. The number of nitrogens with two attached hydrogens (primary N) is 1. The molecule has 1 spiro atoms. The lowest BCUT2D eigenvalue weighted by molar-refractivity contribution is 0.0685. The van der Waals surface area contributed by atoms with Crippen molar-refractivity contribution < 1.29 is 4.79 Å². The van der Waals surface area contributed by atoms with Gasteiger partial charge in [0, 0.05) is 37.2 Å². The maximum Gasteiger partial charge on any atom is 0.253 e. The number of halogens is 2. The van der Waals surface area contributed by atoms with Gasteiger partial charge in [0.05, 0.1) is 22.2 Å². The molecule has 0 atom stereocenters. The Hall–Kier alpha value is -2.75. The van der Waals surface area contributed by atoms with E-state index >= 15 is 0 Å². The highest BCUT2D eigenvalue weighted by atomic mass is 35.5. The second-order valence-corrected chi connectivity index (χ2v) is 7.20. The lowest BCUT2D eigenvalue weighted by Crippen LogP contribution is -2.52. The van der Waals surface area contributed by atoms with E-state index in [1.807, 2.05) is 17.0 Å². The zero-order chi connectivity index (χ0) is 19.0. The van der Waals surface area contributed by atoms with Crippen molar-refractivity contribution in [1.29, 1.82) is 5.26 Å². The number of amides is 1. The van der Waals surface area contributed by atoms with Gasteiger partial charge in [0.15, 0.2) is 0 Å². The van der Waals surface area contributed by atoms with Crippen LogP contribution in [0.4, 0.5) is 5.69 Å². The monoisotopic (exact) mass is 415 g/mol. The van der Waals surface area contributed by atoms with E-state index in [0.29, 0.717) is 47.9 Å². The van der Waals surface area contributed by atoms with Crippen LogP contribution in [0.1, 0.15) is 34.3 Å². The molecule has 2 aromatic carbocycles. The molecule has 2 heterocycles. The van der Waals surface area contributed by atoms with Gasteiger partial charge in [-0.2, -0.15) is 5.26 Å². The summed E-state index contributed by atoms with van der Waals surface area (Å²) in [5.41, 5.74) is 8.41. The number of amidine groups is 1. The van der Waals surface area contributed by atoms with E-state index in [0.717, 1.165) is 11.3 Å². The first-order valence-corrected chi connectivity index (χ1v) is 9.11. The van der Waals surface area contributed by atoms with Crippen molar-refractivity contribution in [3.05, 3.63) is 64.2 Å². The molecule has 0 unspecified atom stereocenters. The molecule has 144 valence electrons.